The summed E-state index contributed by atoms with van der Waals surface area (Å²) in [5, 5.41) is 10.8. The van der Waals surface area contributed by atoms with Crippen LogP contribution in [-0.4, -0.2) is 42.3 Å². The number of hydrogen-bond donors (Lipinski definition) is 2. The van der Waals surface area contributed by atoms with Crippen LogP contribution in [0.25, 0.3) is 11.3 Å². The highest BCUT2D eigenvalue weighted by Gasteiger charge is 2.26. The second kappa shape index (κ2) is 8.46. The largest absolute Gasteiger partial charge is 0.497 e. The Bertz CT molecular complexity index is 1030. The molecule has 1 amide bonds. The van der Waals surface area contributed by atoms with Crippen LogP contribution in [0.5, 0.6) is 5.75 Å². The zero-order valence-electron chi connectivity index (χ0n) is 18.6. The Balaban J connectivity index is 1.36. The van der Waals surface area contributed by atoms with Gasteiger partial charge in [0.1, 0.15) is 5.75 Å². The van der Waals surface area contributed by atoms with Crippen molar-refractivity contribution in [3.63, 3.8) is 0 Å². The fraction of sp³-hybridized carbons (Fsp3) is 0.360. The summed E-state index contributed by atoms with van der Waals surface area (Å²) in [5.74, 6) is 1.71. The molecule has 1 aliphatic heterocycles. The molecule has 2 heterocycles. The number of nitrogens with one attached hydrogen (secondary N) is 2. The van der Waals surface area contributed by atoms with Gasteiger partial charge in [-0.05, 0) is 59.4 Å². The van der Waals surface area contributed by atoms with Gasteiger partial charge in [-0.2, -0.15) is 5.10 Å². The van der Waals surface area contributed by atoms with Gasteiger partial charge >= 0.3 is 0 Å². The Kier molecular flexibility index (Phi) is 5.72. The van der Waals surface area contributed by atoms with E-state index in [1.165, 1.54) is 5.56 Å². The topological polar surface area (TPSA) is 70.2 Å². The standard InChI is InChI=1S/C25H30N4O2/c1-25(2,3)19-9-5-18(6-10-19)24(30)26-20-13-14-29(16-20)23-15-22(27-28-23)17-7-11-21(31-4)12-8-17/h5-12,15,20H,13-14,16H2,1-4H3,(H,26,30)(H,27,28)/t20-/m1/s1. The van der Waals surface area contributed by atoms with E-state index >= 15 is 0 Å². The predicted octanol–water partition coefficient (Wildman–Crippen LogP) is 4.39. The van der Waals surface area contributed by atoms with E-state index < -0.39 is 0 Å². The lowest BCUT2D eigenvalue weighted by Crippen LogP contribution is -2.37. The van der Waals surface area contributed by atoms with Gasteiger partial charge in [0, 0.05) is 30.8 Å². The maximum absolute atomic E-state index is 12.7. The lowest BCUT2D eigenvalue weighted by Gasteiger charge is -2.19. The fourth-order valence-electron chi connectivity index (χ4n) is 3.87. The Morgan fingerprint density at radius 1 is 1.13 bits per heavy atom. The number of carbonyl (C=O) groups excluding carboxylic acids is 1. The van der Waals surface area contributed by atoms with E-state index in [4.69, 9.17) is 4.74 Å². The predicted molar refractivity (Wildman–Crippen MR) is 124 cm³/mol. The van der Waals surface area contributed by atoms with Crippen LogP contribution in [0.1, 0.15) is 43.1 Å². The minimum absolute atomic E-state index is 0.0201. The van der Waals surface area contributed by atoms with Crippen LogP contribution in [-0.2, 0) is 5.41 Å². The second-order valence-electron chi connectivity index (χ2n) is 9.10. The molecule has 0 bridgehead atoms. The molecule has 0 aliphatic carbocycles. The third-order valence-electron chi connectivity index (χ3n) is 5.83. The molecule has 0 saturated carbocycles. The first-order valence-electron chi connectivity index (χ1n) is 10.7. The van der Waals surface area contributed by atoms with Crippen LogP contribution in [0.3, 0.4) is 0 Å². The number of anilines is 1. The SMILES string of the molecule is COc1ccc(-c2cc(N3CC[C@@H](NC(=O)c4ccc(C(C)(C)C)cc4)C3)n[nH]2)cc1. The molecule has 2 aromatic carbocycles. The Labute approximate surface area is 183 Å². The number of aromatic nitrogens is 2. The summed E-state index contributed by atoms with van der Waals surface area (Å²) in [5.41, 5.74) is 4.02. The number of hydrogen-bond acceptors (Lipinski definition) is 4. The molecular weight excluding hydrogens is 388 g/mol. The molecule has 31 heavy (non-hydrogen) atoms. The molecule has 6 nitrogen and oxygen atoms in total. The maximum atomic E-state index is 12.7. The first-order chi connectivity index (χ1) is 14.8. The molecule has 6 heteroatoms. The van der Waals surface area contributed by atoms with E-state index in [1.807, 2.05) is 48.5 Å². The summed E-state index contributed by atoms with van der Waals surface area (Å²) in [7, 11) is 1.66. The average molecular weight is 419 g/mol. The molecule has 162 valence electrons. The summed E-state index contributed by atoms with van der Waals surface area (Å²) < 4.78 is 5.22. The van der Waals surface area contributed by atoms with Gasteiger partial charge in [0.05, 0.1) is 12.8 Å². The van der Waals surface area contributed by atoms with E-state index in [0.717, 1.165) is 42.3 Å². The van der Waals surface area contributed by atoms with Crippen molar-refractivity contribution < 1.29 is 9.53 Å². The van der Waals surface area contributed by atoms with Crippen LogP contribution in [0.4, 0.5) is 5.82 Å². The number of aromatic amines is 1. The second-order valence-corrected chi connectivity index (χ2v) is 9.10. The molecule has 3 aromatic rings. The third kappa shape index (κ3) is 4.74. The number of rotatable bonds is 5. The minimum atomic E-state index is -0.0201. The third-order valence-corrected chi connectivity index (χ3v) is 5.83. The summed E-state index contributed by atoms with van der Waals surface area (Å²) in [6.07, 6.45) is 0.899. The van der Waals surface area contributed by atoms with Gasteiger partial charge in [-0.15, -0.1) is 0 Å². The molecule has 2 N–H and O–H groups in total. The molecule has 0 unspecified atom stereocenters. The number of carbonyl (C=O) groups is 1. The van der Waals surface area contributed by atoms with Crippen molar-refractivity contribution in [3.05, 3.63) is 65.7 Å². The van der Waals surface area contributed by atoms with Gasteiger partial charge in [-0.1, -0.05) is 32.9 Å². The number of methoxy groups -OCH3 is 1. The van der Waals surface area contributed by atoms with Crippen molar-refractivity contribution >= 4 is 11.7 Å². The van der Waals surface area contributed by atoms with Crippen LogP contribution in [0, 0.1) is 0 Å². The number of ether oxygens (including phenoxy) is 1. The monoisotopic (exact) mass is 418 g/mol. The summed E-state index contributed by atoms with van der Waals surface area (Å²) in [4.78, 5) is 14.9. The maximum Gasteiger partial charge on any atom is 0.251 e. The molecule has 1 saturated heterocycles. The van der Waals surface area contributed by atoms with Crippen LogP contribution >= 0.6 is 0 Å². The van der Waals surface area contributed by atoms with Crippen LogP contribution < -0.4 is 15.0 Å². The van der Waals surface area contributed by atoms with E-state index in [9.17, 15) is 4.79 Å². The molecule has 1 aromatic heterocycles. The lowest BCUT2D eigenvalue weighted by atomic mass is 9.86. The summed E-state index contributed by atoms with van der Waals surface area (Å²) >= 11 is 0. The van der Waals surface area contributed by atoms with E-state index in [1.54, 1.807) is 7.11 Å². The smallest absolute Gasteiger partial charge is 0.251 e. The van der Waals surface area contributed by atoms with Gasteiger partial charge in [0.15, 0.2) is 5.82 Å². The first-order valence-corrected chi connectivity index (χ1v) is 10.7. The normalized spacial score (nSPS) is 16.4. The highest BCUT2D eigenvalue weighted by molar-refractivity contribution is 5.94. The van der Waals surface area contributed by atoms with Crippen molar-refractivity contribution in [2.75, 3.05) is 25.1 Å². The zero-order valence-corrected chi connectivity index (χ0v) is 18.6. The van der Waals surface area contributed by atoms with E-state index in [2.05, 4.69) is 47.3 Å². The number of H-pyrrole nitrogens is 1. The van der Waals surface area contributed by atoms with Crippen molar-refractivity contribution in [1.82, 2.24) is 15.5 Å². The van der Waals surface area contributed by atoms with E-state index in [0.29, 0.717) is 5.56 Å². The van der Waals surface area contributed by atoms with Gasteiger partial charge in [-0.3, -0.25) is 9.89 Å². The van der Waals surface area contributed by atoms with Gasteiger partial charge in [0.2, 0.25) is 0 Å². The zero-order chi connectivity index (χ0) is 22.0. The molecule has 4 rings (SSSR count). The summed E-state index contributed by atoms with van der Waals surface area (Å²) in [6.45, 7) is 8.12. The van der Waals surface area contributed by atoms with Crippen molar-refractivity contribution in [3.8, 4) is 17.0 Å². The van der Waals surface area contributed by atoms with Crippen molar-refractivity contribution in [2.24, 2.45) is 0 Å². The minimum Gasteiger partial charge on any atom is -0.497 e. The van der Waals surface area contributed by atoms with Gasteiger partial charge < -0.3 is 15.0 Å². The van der Waals surface area contributed by atoms with Gasteiger partial charge in [0.25, 0.3) is 5.91 Å². The Morgan fingerprint density at radius 3 is 2.48 bits per heavy atom. The molecule has 1 atom stereocenters. The van der Waals surface area contributed by atoms with E-state index in [-0.39, 0.29) is 17.4 Å². The fourth-order valence-corrected chi connectivity index (χ4v) is 3.87. The molecule has 1 aliphatic rings. The van der Waals surface area contributed by atoms with Crippen LogP contribution in [0.15, 0.2) is 54.6 Å². The molecule has 1 fully saturated rings. The molecule has 0 radical (unpaired) electrons. The Morgan fingerprint density at radius 2 is 1.84 bits per heavy atom. The summed E-state index contributed by atoms with van der Waals surface area (Å²) in [6, 6.07) is 18.0. The highest BCUT2D eigenvalue weighted by atomic mass is 16.5. The quantitative estimate of drug-likeness (QED) is 0.645. The molecule has 0 spiro atoms. The van der Waals surface area contributed by atoms with Crippen molar-refractivity contribution in [2.45, 2.75) is 38.6 Å². The number of benzene rings is 2. The first kappa shape index (κ1) is 21.0. The lowest BCUT2D eigenvalue weighted by molar-refractivity contribution is 0.0940. The van der Waals surface area contributed by atoms with Crippen LogP contribution in [0.2, 0.25) is 0 Å². The van der Waals surface area contributed by atoms with Gasteiger partial charge in [-0.25, -0.2) is 0 Å². The number of nitrogens with zero attached hydrogens (tertiary/aromatic N) is 2. The van der Waals surface area contributed by atoms with Crippen molar-refractivity contribution in [1.29, 1.82) is 0 Å². The average Bonchev–Trinajstić information content (AvgIpc) is 3.43. The number of amides is 1. The Hall–Kier alpha value is -3.28. The molecular formula is C25H30N4O2. The highest BCUT2D eigenvalue weighted by Crippen LogP contribution is 2.26.